The average Bonchev–Trinajstić information content (AvgIpc) is 2.45. The first-order valence-corrected chi connectivity index (χ1v) is 7.64. The van der Waals surface area contributed by atoms with Crippen LogP contribution in [0.5, 0.6) is 11.5 Å². The Kier molecular flexibility index (Phi) is 5.91. The van der Waals surface area contributed by atoms with Gasteiger partial charge in [-0.15, -0.1) is 0 Å². The Morgan fingerprint density at radius 3 is 2.76 bits per heavy atom. The molecule has 0 aliphatic heterocycles. The van der Waals surface area contributed by atoms with E-state index in [1.54, 1.807) is 31.4 Å². The van der Waals surface area contributed by atoms with Crippen molar-refractivity contribution in [1.29, 1.82) is 0 Å². The number of benzene rings is 2. The van der Waals surface area contributed by atoms with Gasteiger partial charge in [-0.05, 0) is 42.0 Å². The van der Waals surface area contributed by atoms with Crippen LogP contribution in [0.4, 0.5) is 0 Å². The van der Waals surface area contributed by atoms with Gasteiger partial charge in [0.05, 0.1) is 13.2 Å². The van der Waals surface area contributed by atoms with Gasteiger partial charge in [0.25, 0.3) is 0 Å². The van der Waals surface area contributed by atoms with Crippen molar-refractivity contribution in [3.05, 3.63) is 57.5 Å². The molecule has 0 bridgehead atoms. The molecule has 3 nitrogen and oxygen atoms in total. The van der Waals surface area contributed by atoms with Crippen molar-refractivity contribution in [3.8, 4) is 11.5 Å². The van der Waals surface area contributed by atoms with Gasteiger partial charge in [-0.3, -0.25) is 0 Å². The smallest absolute Gasteiger partial charge is 0.122 e. The Hall–Kier alpha value is -1.23. The molecule has 0 amide bonds. The van der Waals surface area contributed by atoms with Gasteiger partial charge in [0.2, 0.25) is 0 Å². The molecule has 0 fully saturated rings. The van der Waals surface area contributed by atoms with Crippen molar-refractivity contribution in [3.63, 3.8) is 0 Å². The van der Waals surface area contributed by atoms with Gasteiger partial charge < -0.3 is 14.6 Å². The number of methoxy groups -OCH3 is 1. The zero-order chi connectivity index (χ0) is 15.2. The highest BCUT2D eigenvalue weighted by atomic mass is 79.9. The minimum atomic E-state index is -0.632. The van der Waals surface area contributed by atoms with E-state index in [0.717, 1.165) is 15.8 Å². The molecule has 0 saturated heterocycles. The molecule has 0 radical (unpaired) electrons. The van der Waals surface area contributed by atoms with Crippen LogP contribution in [0.2, 0.25) is 5.02 Å². The second-order valence-electron chi connectivity index (χ2n) is 4.58. The molecule has 112 valence electrons. The summed E-state index contributed by atoms with van der Waals surface area (Å²) in [6, 6.07) is 12.8. The van der Waals surface area contributed by atoms with Gasteiger partial charge in [-0.25, -0.2) is 0 Å². The summed E-state index contributed by atoms with van der Waals surface area (Å²) in [5.74, 6) is 1.39. The van der Waals surface area contributed by atoms with Crippen LogP contribution in [-0.4, -0.2) is 24.9 Å². The van der Waals surface area contributed by atoms with E-state index in [1.807, 2.05) is 18.2 Å². The van der Waals surface area contributed by atoms with Gasteiger partial charge in [0, 0.05) is 15.9 Å². The molecule has 1 unspecified atom stereocenters. The molecule has 2 aromatic carbocycles. The fourth-order valence-corrected chi connectivity index (χ4v) is 2.56. The van der Waals surface area contributed by atoms with Crippen LogP contribution < -0.4 is 9.47 Å². The zero-order valence-electron chi connectivity index (χ0n) is 11.6. The molecule has 2 rings (SSSR count). The van der Waals surface area contributed by atoms with Gasteiger partial charge in [-0.1, -0.05) is 33.6 Å². The third-order valence-electron chi connectivity index (χ3n) is 2.94. The van der Waals surface area contributed by atoms with Crippen LogP contribution in [-0.2, 0) is 6.42 Å². The number of aliphatic hydroxyl groups excluding tert-OH is 1. The molecule has 21 heavy (non-hydrogen) atoms. The molecule has 0 aliphatic carbocycles. The normalized spacial score (nSPS) is 12.0. The fourth-order valence-electron chi connectivity index (χ4n) is 1.97. The summed E-state index contributed by atoms with van der Waals surface area (Å²) in [6.07, 6.45) is -0.185. The van der Waals surface area contributed by atoms with E-state index in [0.29, 0.717) is 17.2 Å². The first kappa shape index (κ1) is 16.1. The molecule has 1 atom stereocenters. The van der Waals surface area contributed by atoms with Crippen LogP contribution in [0.3, 0.4) is 0 Å². The SMILES string of the molecule is COc1ccc(Br)cc1CC(O)COc1cccc(Cl)c1. The molecule has 5 heteroatoms. The lowest BCUT2D eigenvalue weighted by molar-refractivity contribution is 0.107. The van der Waals surface area contributed by atoms with Crippen LogP contribution >= 0.6 is 27.5 Å². The molecule has 0 heterocycles. The lowest BCUT2D eigenvalue weighted by Crippen LogP contribution is -2.20. The predicted octanol–water partition coefficient (Wildman–Crippen LogP) is 4.09. The van der Waals surface area contributed by atoms with E-state index < -0.39 is 6.10 Å². The second kappa shape index (κ2) is 7.69. The fraction of sp³-hybridized carbons (Fsp3) is 0.250. The number of rotatable bonds is 6. The van der Waals surface area contributed by atoms with E-state index >= 15 is 0 Å². The monoisotopic (exact) mass is 370 g/mol. The van der Waals surface area contributed by atoms with E-state index in [-0.39, 0.29) is 6.61 Å². The molecule has 0 aromatic heterocycles. The van der Waals surface area contributed by atoms with Crippen LogP contribution in [0, 0.1) is 0 Å². The van der Waals surface area contributed by atoms with Gasteiger partial charge in [-0.2, -0.15) is 0 Å². The highest BCUT2D eigenvalue weighted by molar-refractivity contribution is 9.10. The van der Waals surface area contributed by atoms with Crippen LogP contribution in [0.1, 0.15) is 5.56 Å². The summed E-state index contributed by atoms with van der Waals surface area (Å²) in [6.45, 7) is 0.190. The minimum Gasteiger partial charge on any atom is -0.496 e. The Bertz CT molecular complexity index is 604. The van der Waals surface area contributed by atoms with E-state index in [1.165, 1.54) is 0 Å². The Balaban J connectivity index is 1.95. The molecule has 0 spiro atoms. The van der Waals surface area contributed by atoms with Gasteiger partial charge in [0.15, 0.2) is 0 Å². The van der Waals surface area contributed by atoms with Crippen molar-refractivity contribution >= 4 is 27.5 Å². The summed E-state index contributed by atoms with van der Waals surface area (Å²) >= 11 is 9.30. The van der Waals surface area contributed by atoms with Crippen molar-refractivity contribution in [1.82, 2.24) is 0 Å². The molecular weight excluding hydrogens is 356 g/mol. The average molecular weight is 372 g/mol. The lowest BCUT2D eigenvalue weighted by Gasteiger charge is -2.15. The zero-order valence-corrected chi connectivity index (χ0v) is 13.9. The van der Waals surface area contributed by atoms with Gasteiger partial charge >= 0.3 is 0 Å². The number of ether oxygens (including phenoxy) is 2. The third kappa shape index (κ3) is 4.92. The second-order valence-corrected chi connectivity index (χ2v) is 5.93. The topological polar surface area (TPSA) is 38.7 Å². The molecule has 0 saturated carbocycles. The quantitative estimate of drug-likeness (QED) is 0.831. The molecule has 0 aliphatic rings. The maximum Gasteiger partial charge on any atom is 0.122 e. The van der Waals surface area contributed by atoms with E-state index in [2.05, 4.69) is 15.9 Å². The summed E-state index contributed by atoms with van der Waals surface area (Å²) in [5, 5.41) is 10.7. The highest BCUT2D eigenvalue weighted by Gasteiger charge is 2.11. The van der Waals surface area contributed by atoms with E-state index in [9.17, 15) is 5.11 Å². The summed E-state index contributed by atoms with van der Waals surface area (Å²) in [4.78, 5) is 0. The Morgan fingerprint density at radius 1 is 1.24 bits per heavy atom. The minimum absolute atomic E-state index is 0.190. The first-order chi connectivity index (χ1) is 10.1. The van der Waals surface area contributed by atoms with Crippen LogP contribution in [0.25, 0.3) is 0 Å². The maximum atomic E-state index is 10.1. The Labute approximate surface area is 137 Å². The lowest BCUT2D eigenvalue weighted by atomic mass is 10.1. The predicted molar refractivity (Wildman–Crippen MR) is 87.4 cm³/mol. The number of halogens is 2. The number of hydrogen-bond acceptors (Lipinski definition) is 3. The summed E-state index contributed by atoms with van der Waals surface area (Å²) < 4.78 is 11.8. The third-order valence-corrected chi connectivity index (χ3v) is 3.66. The van der Waals surface area contributed by atoms with Crippen molar-refractivity contribution in [2.45, 2.75) is 12.5 Å². The summed E-state index contributed by atoms with van der Waals surface area (Å²) in [5.41, 5.74) is 0.925. The largest absolute Gasteiger partial charge is 0.496 e. The molecular formula is C16H16BrClO3. The van der Waals surface area contributed by atoms with Crippen molar-refractivity contribution in [2.75, 3.05) is 13.7 Å². The van der Waals surface area contributed by atoms with Gasteiger partial charge in [0.1, 0.15) is 18.1 Å². The Morgan fingerprint density at radius 2 is 2.05 bits per heavy atom. The first-order valence-electron chi connectivity index (χ1n) is 6.47. The van der Waals surface area contributed by atoms with E-state index in [4.69, 9.17) is 21.1 Å². The highest BCUT2D eigenvalue weighted by Crippen LogP contribution is 2.24. The summed E-state index contributed by atoms with van der Waals surface area (Å²) in [7, 11) is 1.61. The van der Waals surface area contributed by atoms with Crippen molar-refractivity contribution < 1.29 is 14.6 Å². The number of hydrogen-bond donors (Lipinski definition) is 1. The molecule has 2 aromatic rings. The maximum absolute atomic E-state index is 10.1. The molecule has 1 N–H and O–H groups in total. The van der Waals surface area contributed by atoms with Crippen LogP contribution in [0.15, 0.2) is 46.9 Å². The standard InChI is InChI=1S/C16H16BrClO3/c1-20-16-6-5-12(17)7-11(16)8-14(19)10-21-15-4-2-3-13(18)9-15/h2-7,9,14,19H,8,10H2,1H3. The number of aliphatic hydroxyl groups is 1. The van der Waals surface area contributed by atoms with Crippen molar-refractivity contribution in [2.24, 2.45) is 0 Å².